The Morgan fingerprint density at radius 1 is 1.24 bits per heavy atom. The highest BCUT2D eigenvalue weighted by Crippen LogP contribution is 2.16. The van der Waals surface area contributed by atoms with Crippen LogP contribution in [0.5, 0.6) is 5.75 Å². The van der Waals surface area contributed by atoms with Crippen molar-refractivity contribution in [2.75, 3.05) is 5.32 Å². The molecule has 0 saturated heterocycles. The van der Waals surface area contributed by atoms with Gasteiger partial charge in [0.2, 0.25) is 0 Å². The Kier molecular flexibility index (Phi) is 5.15. The van der Waals surface area contributed by atoms with Crippen LogP contribution in [0.15, 0.2) is 48.8 Å². The fraction of sp³-hybridized carbons (Fsp3) is 0.250. The third-order valence-electron chi connectivity index (χ3n) is 2.66. The minimum absolute atomic E-state index is 0.131. The summed E-state index contributed by atoms with van der Waals surface area (Å²) in [5.74, 6) is 0.784. The Morgan fingerprint density at radius 3 is 2.62 bits per heavy atom. The number of hydrogen-bond donors (Lipinski definition) is 2. The Labute approximate surface area is 124 Å². The highest BCUT2D eigenvalue weighted by Gasteiger charge is 2.03. The summed E-state index contributed by atoms with van der Waals surface area (Å²) in [7, 11) is 0. The van der Waals surface area contributed by atoms with E-state index in [0.29, 0.717) is 6.54 Å². The molecule has 2 aromatic rings. The van der Waals surface area contributed by atoms with Crippen molar-refractivity contribution in [1.29, 1.82) is 0 Å². The molecular formula is C16H19N3O2. The van der Waals surface area contributed by atoms with Crippen molar-refractivity contribution in [2.24, 2.45) is 0 Å². The van der Waals surface area contributed by atoms with Gasteiger partial charge in [-0.1, -0.05) is 6.07 Å². The molecule has 0 spiro atoms. The van der Waals surface area contributed by atoms with Crippen LogP contribution in [-0.4, -0.2) is 17.1 Å². The van der Waals surface area contributed by atoms with E-state index in [1.54, 1.807) is 24.5 Å². The number of urea groups is 1. The molecule has 21 heavy (non-hydrogen) atoms. The minimum Gasteiger partial charge on any atom is -0.491 e. The second kappa shape index (κ2) is 7.28. The highest BCUT2D eigenvalue weighted by atomic mass is 16.5. The first-order valence-electron chi connectivity index (χ1n) is 6.84. The van der Waals surface area contributed by atoms with Crippen LogP contribution in [0.3, 0.4) is 0 Å². The molecule has 0 radical (unpaired) electrons. The maximum atomic E-state index is 11.8. The summed E-state index contributed by atoms with van der Waals surface area (Å²) in [6.07, 6.45) is 3.55. The predicted octanol–water partition coefficient (Wildman–Crippen LogP) is 3.19. The normalized spacial score (nSPS) is 10.2. The van der Waals surface area contributed by atoms with E-state index in [-0.39, 0.29) is 12.1 Å². The first-order chi connectivity index (χ1) is 10.1. The summed E-state index contributed by atoms with van der Waals surface area (Å²) in [6, 6.07) is 10.8. The molecule has 0 fully saturated rings. The molecule has 0 unspecified atom stereocenters. The molecule has 0 aliphatic heterocycles. The van der Waals surface area contributed by atoms with Gasteiger partial charge in [-0.05, 0) is 49.7 Å². The number of nitrogens with zero attached hydrogens (tertiary/aromatic N) is 1. The number of hydrogen-bond acceptors (Lipinski definition) is 3. The maximum Gasteiger partial charge on any atom is 0.319 e. The van der Waals surface area contributed by atoms with Gasteiger partial charge in [0.15, 0.2) is 0 Å². The molecule has 0 saturated carbocycles. The van der Waals surface area contributed by atoms with E-state index in [9.17, 15) is 4.79 Å². The van der Waals surface area contributed by atoms with Crippen LogP contribution >= 0.6 is 0 Å². The Hall–Kier alpha value is -2.56. The van der Waals surface area contributed by atoms with Gasteiger partial charge in [0.1, 0.15) is 5.75 Å². The molecule has 2 N–H and O–H groups in total. The number of ether oxygens (including phenoxy) is 1. The minimum atomic E-state index is -0.253. The van der Waals surface area contributed by atoms with Gasteiger partial charge in [0, 0.05) is 24.6 Å². The lowest BCUT2D eigenvalue weighted by molar-refractivity contribution is 0.242. The Bertz CT molecular complexity index is 568. The summed E-state index contributed by atoms with van der Waals surface area (Å²) in [5, 5.41) is 5.54. The summed E-state index contributed by atoms with van der Waals surface area (Å²) in [5.41, 5.74) is 1.67. The van der Waals surface area contributed by atoms with E-state index in [1.807, 2.05) is 38.1 Å². The number of rotatable bonds is 5. The summed E-state index contributed by atoms with van der Waals surface area (Å²) < 4.78 is 5.54. The van der Waals surface area contributed by atoms with Gasteiger partial charge in [-0.2, -0.15) is 0 Å². The number of carbonyl (C=O) groups is 1. The van der Waals surface area contributed by atoms with Crippen molar-refractivity contribution in [1.82, 2.24) is 10.3 Å². The van der Waals surface area contributed by atoms with Gasteiger partial charge in [-0.15, -0.1) is 0 Å². The summed E-state index contributed by atoms with van der Waals surface area (Å²) in [6.45, 7) is 4.38. The number of carbonyl (C=O) groups excluding carboxylic acids is 1. The lowest BCUT2D eigenvalue weighted by atomic mass is 10.3. The van der Waals surface area contributed by atoms with E-state index in [2.05, 4.69) is 15.6 Å². The number of anilines is 1. The van der Waals surface area contributed by atoms with Crippen LogP contribution in [0, 0.1) is 0 Å². The molecule has 2 rings (SSSR count). The average molecular weight is 285 g/mol. The zero-order chi connectivity index (χ0) is 15.1. The van der Waals surface area contributed by atoms with Crippen LogP contribution in [0.2, 0.25) is 0 Å². The molecule has 5 heteroatoms. The molecule has 0 aliphatic rings. The smallest absolute Gasteiger partial charge is 0.319 e. The highest BCUT2D eigenvalue weighted by molar-refractivity contribution is 5.89. The largest absolute Gasteiger partial charge is 0.491 e. The number of pyridine rings is 1. The van der Waals surface area contributed by atoms with E-state index < -0.39 is 0 Å². The fourth-order valence-electron chi connectivity index (χ4n) is 1.75. The molecule has 110 valence electrons. The molecule has 2 amide bonds. The first-order valence-corrected chi connectivity index (χ1v) is 6.84. The summed E-state index contributed by atoms with van der Waals surface area (Å²) in [4.78, 5) is 15.8. The van der Waals surface area contributed by atoms with E-state index in [0.717, 1.165) is 17.0 Å². The Morgan fingerprint density at radius 2 is 2.00 bits per heavy atom. The third-order valence-corrected chi connectivity index (χ3v) is 2.66. The maximum absolute atomic E-state index is 11.8. The second-order valence-corrected chi connectivity index (χ2v) is 4.86. The molecule has 1 heterocycles. The van der Waals surface area contributed by atoms with Crippen molar-refractivity contribution in [3.05, 3.63) is 54.4 Å². The van der Waals surface area contributed by atoms with Crippen molar-refractivity contribution in [2.45, 2.75) is 26.5 Å². The van der Waals surface area contributed by atoms with Gasteiger partial charge in [-0.25, -0.2) is 4.79 Å². The molecular weight excluding hydrogens is 266 g/mol. The lowest BCUT2D eigenvalue weighted by Gasteiger charge is -2.11. The molecule has 0 atom stereocenters. The van der Waals surface area contributed by atoms with Crippen molar-refractivity contribution < 1.29 is 9.53 Å². The standard InChI is InChI=1S/C16H19N3O2/c1-12(2)21-15-7-5-14(6-8-15)19-16(20)18-11-13-4-3-9-17-10-13/h3-10,12H,11H2,1-2H3,(H2,18,19,20). The van der Waals surface area contributed by atoms with Crippen LogP contribution in [0.1, 0.15) is 19.4 Å². The van der Waals surface area contributed by atoms with Crippen molar-refractivity contribution in [3.63, 3.8) is 0 Å². The van der Waals surface area contributed by atoms with Crippen molar-refractivity contribution >= 4 is 11.7 Å². The number of aromatic nitrogens is 1. The van der Waals surface area contributed by atoms with Crippen molar-refractivity contribution in [3.8, 4) is 5.75 Å². The van der Waals surface area contributed by atoms with E-state index in [4.69, 9.17) is 4.74 Å². The zero-order valence-corrected chi connectivity index (χ0v) is 12.2. The quantitative estimate of drug-likeness (QED) is 0.886. The van der Waals surface area contributed by atoms with Gasteiger partial charge >= 0.3 is 6.03 Å². The van der Waals surface area contributed by atoms with Gasteiger partial charge in [-0.3, -0.25) is 4.98 Å². The topological polar surface area (TPSA) is 63.2 Å². The van der Waals surface area contributed by atoms with Crippen LogP contribution in [-0.2, 0) is 6.54 Å². The van der Waals surface area contributed by atoms with Gasteiger partial charge in [0.05, 0.1) is 6.10 Å². The van der Waals surface area contributed by atoms with E-state index in [1.165, 1.54) is 0 Å². The van der Waals surface area contributed by atoms with E-state index >= 15 is 0 Å². The molecule has 1 aromatic heterocycles. The summed E-state index contributed by atoms with van der Waals surface area (Å²) >= 11 is 0. The monoisotopic (exact) mass is 285 g/mol. The number of benzene rings is 1. The molecule has 1 aromatic carbocycles. The fourth-order valence-corrected chi connectivity index (χ4v) is 1.75. The Balaban J connectivity index is 1.82. The van der Waals surface area contributed by atoms with Crippen LogP contribution < -0.4 is 15.4 Å². The predicted molar refractivity (Wildman–Crippen MR) is 82.3 cm³/mol. The molecule has 0 bridgehead atoms. The lowest BCUT2D eigenvalue weighted by Crippen LogP contribution is -2.28. The SMILES string of the molecule is CC(C)Oc1ccc(NC(=O)NCc2cccnc2)cc1. The van der Waals surface area contributed by atoms with Gasteiger partial charge in [0.25, 0.3) is 0 Å². The van der Waals surface area contributed by atoms with Crippen LogP contribution in [0.4, 0.5) is 10.5 Å². The molecule has 0 aliphatic carbocycles. The number of amides is 2. The molecule has 5 nitrogen and oxygen atoms in total. The second-order valence-electron chi connectivity index (χ2n) is 4.86. The van der Waals surface area contributed by atoms with Gasteiger partial charge < -0.3 is 15.4 Å². The van der Waals surface area contributed by atoms with Crippen LogP contribution in [0.25, 0.3) is 0 Å². The zero-order valence-electron chi connectivity index (χ0n) is 12.2. The first kappa shape index (κ1) is 14.8. The third kappa shape index (κ3) is 5.14. The number of nitrogens with one attached hydrogen (secondary N) is 2. The average Bonchev–Trinajstić information content (AvgIpc) is 2.48.